The largest absolute Gasteiger partial charge is 0.493 e. The first-order valence-electron chi connectivity index (χ1n) is 10.7. The number of methoxy groups -OCH3 is 2. The van der Waals surface area contributed by atoms with Crippen LogP contribution in [0.2, 0.25) is 0 Å². The smallest absolute Gasteiger partial charge is 0.181 e. The van der Waals surface area contributed by atoms with Crippen molar-refractivity contribution in [2.24, 2.45) is 0 Å². The zero-order valence-corrected chi connectivity index (χ0v) is 18.9. The van der Waals surface area contributed by atoms with Gasteiger partial charge in [-0.25, -0.2) is 8.42 Å². The minimum atomic E-state index is -3.31. The maximum Gasteiger partial charge on any atom is 0.181 e. The molecule has 168 valence electrons. The second-order valence-corrected chi connectivity index (χ2v) is 10.3. The van der Waals surface area contributed by atoms with E-state index in [0.29, 0.717) is 35.7 Å². The van der Waals surface area contributed by atoms with Crippen LogP contribution in [0, 0.1) is 0 Å². The highest BCUT2D eigenvalue weighted by Crippen LogP contribution is 2.44. The predicted molar refractivity (Wildman–Crippen MR) is 123 cm³/mol. The number of piperidine rings is 1. The minimum absolute atomic E-state index is 0.314. The molecule has 5 rings (SSSR count). The standard InChI is InChI=1S/C23H26N4O4S/c1-30-20-12-14-11-19-22(18(14)13-21(20)31-2)26-27-23(19)25-15-3-5-16(6-4-15)32(28,29)17-7-9-24-10-8-17/h3-6,12-13,17,24H,7-11H2,1-2H3,(H2,25,26,27). The SMILES string of the molecule is COc1cc2c(cc1OC)-c1n[nH]c(Nc3ccc(S(=O)(=O)C4CCNCC4)cc3)c1C2. The summed E-state index contributed by atoms with van der Waals surface area (Å²) in [6.07, 6.45) is 2.02. The molecule has 0 bridgehead atoms. The Bertz CT molecular complexity index is 1250. The molecule has 2 heterocycles. The van der Waals surface area contributed by atoms with E-state index in [1.165, 1.54) is 0 Å². The van der Waals surface area contributed by atoms with Crippen molar-refractivity contribution in [1.29, 1.82) is 0 Å². The fourth-order valence-corrected chi connectivity index (χ4v) is 6.27. The van der Waals surface area contributed by atoms with Gasteiger partial charge in [-0.3, -0.25) is 5.10 Å². The summed E-state index contributed by atoms with van der Waals surface area (Å²) in [5.41, 5.74) is 4.88. The lowest BCUT2D eigenvalue weighted by Gasteiger charge is -2.22. The van der Waals surface area contributed by atoms with E-state index in [1.54, 1.807) is 38.5 Å². The first kappa shape index (κ1) is 20.8. The van der Waals surface area contributed by atoms with Crippen molar-refractivity contribution in [3.8, 4) is 22.8 Å². The number of nitrogens with zero attached hydrogens (tertiary/aromatic N) is 1. The van der Waals surface area contributed by atoms with Gasteiger partial charge in [-0.15, -0.1) is 0 Å². The maximum atomic E-state index is 12.9. The van der Waals surface area contributed by atoms with Crippen LogP contribution in [-0.4, -0.2) is 51.2 Å². The van der Waals surface area contributed by atoms with E-state index in [4.69, 9.17) is 9.47 Å². The quantitative estimate of drug-likeness (QED) is 0.411. The van der Waals surface area contributed by atoms with Crippen LogP contribution in [0.5, 0.6) is 11.5 Å². The number of hydrogen-bond acceptors (Lipinski definition) is 7. The van der Waals surface area contributed by atoms with Gasteiger partial charge in [-0.2, -0.15) is 5.10 Å². The highest BCUT2D eigenvalue weighted by atomic mass is 32.2. The molecule has 0 saturated carbocycles. The molecule has 0 amide bonds. The Morgan fingerprint density at radius 3 is 2.41 bits per heavy atom. The summed E-state index contributed by atoms with van der Waals surface area (Å²) in [5, 5.41) is 13.8. The van der Waals surface area contributed by atoms with Crippen molar-refractivity contribution >= 4 is 21.3 Å². The molecule has 32 heavy (non-hydrogen) atoms. The molecule has 9 heteroatoms. The molecule has 3 aromatic rings. The van der Waals surface area contributed by atoms with Crippen molar-refractivity contribution in [1.82, 2.24) is 15.5 Å². The van der Waals surface area contributed by atoms with Crippen LogP contribution in [0.3, 0.4) is 0 Å². The van der Waals surface area contributed by atoms with Gasteiger partial charge >= 0.3 is 0 Å². The van der Waals surface area contributed by atoms with Gasteiger partial charge in [0.2, 0.25) is 0 Å². The number of hydrogen-bond donors (Lipinski definition) is 3. The van der Waals surface area contributed by atoms with E-state index in [0.717, 1.165) is 47.0 Å². The molecule has 1 aliphatic heterocycles. The van der Waals surface area contributed by atoms with Gasteiger partial charge in [0.05, 0.1) is 30.1 Å². The zero-order valence-electron chi connectivity index (χ0n) is 18.1. The van der Waals surface area contributed by atoms with Crippen LogP contribution in [-0.2, 0) is 16.3 Å². The molecule has 0 atom stereocenters. The Morgan fingerprint density at radius 1 is 1.03 bits per heavy atom. The lowest BCUT2D eigenvalue weighted by atomic mass is 10.1. The third-order valence-corrected chi connectivity index (χ3v) is 8.55. The highest BCUT2D eigenvalue weighted by molar-refractivity contribution is 7.92. The van der Waals surface area contributed by atoms with Crippen LogP contribution < -0.4 is 20.1 Å². The molecule has 0 radical (unpaired) electrons. The second kappa shape index (κ2) is 8.14. The number of nitrogens with one attached hydrogen (secondary N) is 3. The number of rotatable bonds is 6. The van der Waals surface area contributed by atoms with Crippen LogP contribution in [0.1, 0.15) is 24.0 Å². The Kier molecular flexibility index (Phi) is 5.30. The Balaban J connectivity index is 1.37. The number of benzene rings is 2. The van der Waals surface area contributed by atoms with Gasteiger partial charge in [0.1, 0.15) is 5.82 Å². The number of aromatic amines is 1. The number of anilines is 2. The van der Waals surface area contributed by atoms with E-state index < -0.39 is 9.84 Å². The number of aromatic nitrogens is 2. The van der Waals surface area contributed by atoms with Gasteiger partial charge in [0.25, 0.3) is 0 Å². The summed E-state index contributed by atoms with van der Waals surface area (Å²) >= 11 is 0. The van der Waals surface area contributed by atoms with Crippen LogP contribution in [0.15, 0.2) is 41.3 Å². The van der Waals surface area contributed by atoms with Crippen molar-refractivity contribution in [2.75, 3.05) is 32.6 Å². The fourth-order valence-electron chi connectivity index (χ4n) is 4.51. The van der Waals surface area contributed by atoms with E-state index in [1.807, 2.05) is 12.1 Å². The number of H-pyrrole nitrogens is 1. The van der Waals surface area contributed by atoms with Crippen molar-refractivity contribution < 1.29 is 17.9 Å². The molecule has 2 aliphatic rings. The highest BCUT2D eigenvalue weighted by Gasteiger charge is 2.29. The van der Waals surface area contributed by atoms with Crippen LogP contribution >= 0.6 is 0 Å². The van der Waals surface area contributed by atoms with Crippen molar-refractivity contribution in [2.45, 2.75) is 29.4 Å². The normalized spacial score (nSPS) is 15.8. The maximum absolute atomic E-state index is 12.9. The fraction of sp³-hybridized carbons (Fsp3) is 0.348. The first-order valence-corrected chi connectivity index (χ1v) is 12.2. The van der Waals surface area contributed by atoms with E-state index in [-0.39, 0.29) is 5.25 Å². The van der Waals surface area contributed by atoms with E-state index in [2.05, 4.69) is 20.8 Å². The molecule has 1 aromatic heterocycles. The number of ether oxygens (including phenoxy) is 2. The van der Waals surface area contributed by atoms with E-state index >= 15 is 0 Å². The molecule has 0 unspecified atom stereocenters. The third-order valence-electron chi connectivity index (χ3n) is 6.28. The summed E-state index contributed by atoms with van der Waals surface area (Å²) in [5.74, 6) is 2.16. The Morgan fingerprint density at radius 2 is 1.72 bits per heavy atom. The number of fused-ring (bicyclic) bond motifs is 3. The molecule has 3 N–H and O–H groups in total. The third kappa shape index (κ3) is 3.51. The Hall–Kier alpha value is -3.04. The molecule has 1 fully saturated rings. The van der Waals surface area contributed by atoms with Gasteiger partial charge in [-0.05, 0) is 67.9 Å². The van der Waals surface area contributed by atoms with Crippen LogP contribution in [0.4, 0.5) is 11.5 Å². The molecule has 8 nitrogen and oxygen atoms in total. The van der Waals surface area contributed by atoms with Gasteiger partial charge in [0, 0.05) is 23.2 Å². The van der Waals surface area contributed by atoms with Gasteiger partial charge in [0.15, 0.2) is 21.3 Å². The summed E-state index contributed by atoms with van der Waals surface area (Å²) in [6.45, 7) is 1.49. The minimum Gasteiger partial charge on any atom is -0.493 e. The lowest BCUT2D eigenvalue weighted by molar-refractivity contribution is 0.355. The van der Waals surface area contributed by atoms with Gasteiger partial charge in [-0.1, -0.05) is 0 Å². The first-order chi connectivity index (χ1) is 15.5. The molecular formula is C23H26N4O4S. The molecule has 2 aromatic carbocycles. The summed E-state index contributed by atoms with van der Waals surface area (Å²) in [6, 6.07) is 10.9. The van der Waals surface area contributed by atoms with Crippen molar-refractivity contribution in [3.05, 3.63) is 47.5 Å². The molecule has 1 aliphatic carbocycles. The molecular weight excluding hydrogens is 428 g/mol. The lowest BCUT2D eigenvalue weighted by Crippen LogP contribution is -2.35. The summed E-state index contributed by atoms with van der Waals surface area (Å²) in [4.78, 5) is 0.372. The Labute approximate surface area is 187 Å². The van der Waals surface area contributed by atoms with Crippen LogP contribution in [0.25, 0.3) is 11.3 Å². The average Bonchev–Trinajstić information content (AvgIpc) is 3.38. The van der Waals surface area contributed by atoms with Gasteiger partial charge < -0.3 is 20.1 Å². The predicted octanol–water partition coefficient (Wildman–Crippen LogP) is 3.27. The topological polar surface area (TPSA) is 105 Å². The number of sulfone groups is 1. The van der Waals surface area contributed by atoms with E-state index in [9.17, 15) is 8.42 Å². The average molecular weight is 455 g/mol. The summed E-state index contributed by atoms with van der Waals surface area (Å²) < 4.78 is 36.7. The van der Waals surface area contributed by atoms with Crippen molar-refractivity contribution in [3.63, 3.8) is 0 Å². The second-order valence-electron chi connectivity index (χ2n) is 8.11. The zero-order chi connectivity index (χ0) is 22.3. The summed E-state index contributed by atoms with van der Waals surface area (Å²) in [7, 11) is -0.0685. The molecule has 1 saturated heterocycles. The molecule has 0 spiro atoms. The monoisotopic (exact) mass is 454 g/mol.